The highest BCUT2D eigenvalue weighted by Gasteiger charge is 2.22. The van der Waals surface area contributed by atoms with Crippen LogP contribution in [0, 0.1) is 6.92 Å². The zero-order valence-electron chi connectivity index (χ0n) is 11.6. The summed E-state index contributed by atoms with van der Waals surface area (Å²) in [4.78, 5) is 16.3. The number of pyridine rings is 1. The third-order valence-electron chi connectivity index (χ3n) is 3.86. The molecule has 0 aromatic carbocycles. The predicted molar refractivity (Wildman–Crippen MR) is 75.7 cm³/mol. The number of nitrogens with one attached hydrogen (secondary N) is 1. The zero-order valence-corrected chi connectivity index (χ0v) is 11.6. The number of carbonyl (C=O) groups excluding carboxylic acids is 1. The first kappa shape index (κ1) is 14.0. The second-order valence-electron chi connectivity index (χ2n) is 5.42. The van der Waals surface area contributed by atoms with Gasteiger partial charge in [0, 0.05) is 18.3 Å². The van der Waals surface area contributed by atoms with Gasteiger partial charge in [0.25, 0.3) is 0 Å². The van der Waals surface area contributed by atoms with Gasteiger partial charge in [-0.25, -0.2) is 0 Å². The topological polar surface area (TPSA) is 68.0 Å². The Morgan fingerprint density at radius 1 is 1.42 bits per heavy atom. The molecule has 2 unspecified atom stereocenters. The molecule has 1 aliphatic carbocycles. The Kier molecular flexibility index (Phi) is 4.91. The number of aryl methyl sites for hydroxylation is 1. The van der Waals surface area contributed by atoms with E-state index in [0.717, 1.165) is 30.5 Å². The highest BCUT2D eigenvalue weighted by atomic mass is 16.1. The van der Waals surface area contributed by atoms with E-state index in [9.17, 15) is 4.79 Å². The van der Waals surface area contributed by atoms with Gasteiger partial charge >= 0.3 is 0 Å². The van der Waals surface area contributed by atoms with E-state index in [0.29, 0.717) is 6.42 Å². The fraction of sp³-hybridized carbons (Fsp3) is 0.600. The summed E-state index contributed by atoms with van der Waals surface area (Å²) < 4.78 is 0. The van der Waals surface area contributed by atoms with Gasteiger partial charge in [0.2, 0.25) is 5.91 Å². The molecule has 4 heteroatoms. The quantitative estimate of drug-likeness (QED) is 0.814. The van der Waals surface area contributed by atoms with E-state index in [1.807, 2.05) is 19.1 Å². The predicted octanol–water partition coefficient (Wildman–Crippen LogP) is 1.71. The van der Waals surface area contributed by atoms with Crippen LogP contribution in [-0.4, -0.2) is 23.0 Å². The van der Waals surface area contributed by atoms with E-state index in [4.69, 9.17) is 5.73 Å². The van der Waals surface area contributed by atoms with Crippen molar-refractivity contribution in [2.45, 2.75) is 57.5 Å². The molecule has 19 heavy (non-hydrogen) atoms. The maximum Gasteiger partial charge on any atom is 0.226 e. The molecule has 1 amide bonds. The van der Waals surface area contributed by atoms with Crippen LogP contribution in [-0.2, 0) is 11.2 Å². The first-order chi connectivity index (χ1) is 9.16. The second kappa shape index (κ2) is 6.66. The number of hydrogen-bond acceptors (Lipinski definition) is 3. The van der Waals surface area contributed by atoms with E-state index in [1.54, 1.807) is 6.20 Å². The van der Waals surface area contributed by atoms with Crippen LogP contribution in [0.15, 0.2) is 18.3 Å². The number of aromatic nitrogens is 1. The fourth-order valence-corrected chi connectivity index (χ4v) is 2.63. The molecule has 2 rings (SSSR count). The molecule has 3 N–H and O–H groups in total. The summed E-state index contributed by atoms with van der Waals surface area (Å²) >= 11 is 0. The molecule has 1 saturated carbocycles. The molecule has 0 radical (unpaired) electrons. The summed E-state index contributed by atoms with van der Waals surface area (Å²) in [5, 5.41) is 3.08. The molecule has 4 nitrogen and oxygen atoms in total. The van der Waals surface area contributed by atoms with E-state index in [2.05, 4.69) is 10.3 Å². The summed E-state index contributed by atoms with van der Waals surface area (Å²) in [6.07, 6.45) is 7.62. The minimum absolute atomic E-state index is 0.0316. The van der Waals surface area contributed by atoms with Gasteiger partial charge in [-0.1, -0.05) is 25.3 Å². The van der Waals surface area contributed by atoms with E-state index in [-0.39, 0.29) is 18.0 Å². The third-order valence-corrected chi connectivity index (χ3v) is 3.86. The van der Waals surface area contributed by atoms with Crippen molar-refractivity contribution in [3.8, 4) is 0 Å². The van der Waals surface area contributed by atoms with Crippen molar-refractivity contribution in [3.05, 3.63) is 29.6 Å². The lowest BCUT2D eigenvalue weighted by Gasteiger charge is -2.22. The molecule has 1 aromatic heterocycles. The van der Waals surface area contributed by atoms with Gasteiger partial charge in [0.05, 0.1) is 12.1 Å². The van der Waals surface area contributed by atoms with E-state index in [1.165, 1.54) is 12.8 Å². The first-order valence-electron chi connectivity index (χ1n) is 7.12. The molecule has 0 saturated heterocycles. The van der Waals surface area contributed by atoms with Crippen LogP contribution >= 0.6 is 0 Å². The van der Waals surface area contributed by atoms with Crippen molar-refractivity contribution in [1.29, 1.82) is 0 Å². The van der Waals surface area contributed by atoms with Crippen molar-refractivity contribution in [2.75, 3.05) is 0 Å². The molecular weight excluding hydrogens is 238 g/mol. The number of hydrogen-bond donors (Lipinski definition) is 2. The standard InChI is InChI=1S/C15H23N3O/c1-11-6-5-9-17-14(11)10-15(19)18-13-8-4-2-3-7-12(13)16/h5-6,9,12-13H,2-4,7-8,10,16H2,1H3,(H,18,19). The first-order valence-corrected chi connectivity index (χ1v) is 7.12. The minimum Gasteiger partial charge on any atom is -0.351 e. The molecule has 1 aliphatic rings. The highest BCUT2D eigenvalue weighted by Crippen LogP contribution is 2.17. The molecule has 1 heterocycles. The van der Waals surface area contributed by atoms with Gasteiger partial charge < -0.3 is 11.1 Å². The number of amides is 1. The van der Waals surface area contributed by atoms with Crippen molar-refractivity contribution < 1.29 is 4.79 Å². The molecule has 1 aromatic rings. The fourth-order valence-electron chi connectivity index (χ4n) is 2.63. The Morgan fingerprint density at radius 2 is 2.21 bits per heavy atom. The van der Waals surface area contributed by atoms with Crippen LogP contribution in [0.25, 0.3) is 0 Å². The summed E-state index contributed by atoms with van der Waals surface area (Å²) in [6.45, 7) is 1.98. The third kappa shape index (κ3) is 4.03. The largest absolute Gasteiger partial charge is 0.351 e. The number of carbonyl (C=O) groups is 1. The van der Waals surface area contributed by atoms with E-state index < -0.39 is 0 Å². The summed E-state index contributed by atoms with van der Waals surface area (Å²) in [5.41, 5.74) is 8.03. The molecule has 0 aliphatic heterocycles. The number of rotatable bonds is 3. The summed E-state index contributed by atoms with van der Waals surface area (Å²) in [5.74, 6) is 0.0316. The normalized spacial score (nSPS) is 23.7. The Labute approximate surface area is 114 Å². The van der Waals surface area contributed by atoms with Gasteiger partial charge in [-0.3, -0.25) is 9.78 Å². The molecule has 104 valence electrons. The Bertz CT molecular complexity index is 433. The summed E-state index contributed by atoms with van der Waals surface area (Å²) in [6, 6.07) is 4.08. The molecule has 0 bridgehead atoms. The molecular formula is C15H23N3O. The second-order valence-corrected chi connectivity index (χ2v) is 5.42. The van der Waals surface area contributed by atoms with Crippen LogP contribution < -0.4 is 11.1 Å². The Balaban J connectivity index is 1.92. The van der Waals surface area contributed by atoms with Crippen LogP contribution in [0.1, 0.15) is 43.4 Å². The van der Waals surface area contributed by atoms with Crippen molar-refractivity contribution in [1.82, 2.24) is 10.3 Å². The van der Waals surface area contributed by atoms with Gasteiger partial charge in [-0.05, 0) is 31.4 Å². The zero-order chi connectivity index (χ0) is 13.7. The molecule has 2 atom stereocenters. The average Bonchev–Trinajstić information content (AvgIpc) is 2.58. The van der Waals surface area contributed by atoms with Gasteiger partial charge in [0.1, 0.15) is 0 Å². The monoisotopic (exact) mass is 261 g/mol. The van der Waals surface area contributed by atoms with Crippen molar-refractivity contribution >= 4 is 5.91 Å². The van der Waals surface area contributed by atoms with Crippen molar-refractivity contribution in [3.63, 3.8) is 0 Å². The van der Waals surface area contributed by atoms with Crippen LogP contribution in [0.3, 0.4) is 0 Å². The van der Waals surface area contributed by atoms with E-state index >= 15 is 0 Å². The van der Waals surface area contributed by atoms with Gasteiger partial charge in [-0.15, -0.1) is 0 Å². The highest BCUT2D eigenvalue weighted by molar-refractivity contribution is 5.78. The molecule has 0 spiro atoms. The average molecular weight is 261 g/mol. The van der Waals surface area contributed by atoms with Gasteiger partial charge in [-0.2, -0.15) is 0 Å². The van der Waals surface area contributed by atoms with Crippen LogP contribution in [0.5, 0.6) is 0 Å². The molecule has 1 fully saturated rings. The number of nitrogens with two attached hydrogens (primary N) is 1. The summed E-state index contributed by atoms with van der Waals surface area (Å²) in [7, 11) is 0. The van der Waals surface area contributed by atoms with Gasteiger partial charge in [0.15, 0.2) is 0 Å². The SMILES string of the molecule is Cc1cccnc1CC(=O)NC1CCCCCC1N. The van der Waals surface area contributed by atoms with Crippen molar-refractivity contribution in [2.24, 2.45) is 5.73 Å². The Hall–Kier alpha value is -1.42. The lowest BCUT2D eigenvalue weighted by Crippen LogP contribution is -2.47. The van der Waals surface area contributed by atoms with Crippen LogP contribution in [0.2, 0.25) is 0 Å². The maximum atomic E-state index is 12.1. The Morgan fingerprint density at radius 3 is 3.00 bits per heavy atom. The van der Waals surface area contributed by atoms with Crippen LogP contribution in [0.4, 0.5) is 0 Å². The smallest absolute Gasteiger partial charge is 0.226 e. The minimum atomic E-state index is 0.0316. The number of nitrogens with zero attached hydrogens (tertiary/aromatic N) is 1. The lowest BCUT2D eigenvalue weighted by atomic mass is 10.0. The lowest BCUT2D eigenvalue weighted by molar-refractivity contribution is -0.121. The maximum absolute atomic E-state index is 12.1.